The number of aromatic nitrogens is 3. The summed E-state index contributed by atoms with van der Waals surface area (Å²) >= 11 is 0. The maximum absolute atomic E-state index is 5.25. The maximum atomic E-state index is 5.25. The molecule has 0 aliphatic heterocycles. The molecule has 2 heterocycles. The van der Waals surface area contributed by atoms with Crippen molar-refractivity contribution in [3.63, 3.8) is 0 Å². The molecule has 0 aliphatic rings. The zero-order chi connectivity index (χ0) is 13.8. The predicted octanol–water partition coefficient (Wildman–Crippen LogP) is 2.78. The number of hydrogen-bond acceptors (Lipinski definition) is 5. The van der Waals surface area contributed by atoms with Gasteiger partial charge in [-0.3, -0.25) is 4.98 Å². The second-order valence-electron chi connectivity index (χ2n) is 4.57. The molecule has 3 aromatic rings. The summed E-state index contributed by atoms with van der Waals surface area (Å²) in [5.74, 6) is 1.12. The van der Waals surface area contributed by atoms with Gasteiger partial charge >= 0.3 is 0 Å². The highest BCUT2D eigenvalue weighted by atomic mass is 16.5. The number of rotatable bonds is 5. The SMILES string of the molecule is CCCNCc1nc(-c2nccc3ccccc23)no1. The second kappa shape index (κ2) is 5.79. The third-order valence-electron chi connectivity index (χ3n) is 3.06. The minimum absolute atomic E-state index is 0.537. The Morgan fingerprint density at radius 1 is 1.20 bits per heavy atom. The largest absolute Gasteiger partial charge is 0.337 e. The summed E-state index contributed by atoms with van der Waals surface area (Å²) < 4.78 is 5.25. The van der Waals surface area contributed by atoms with Crippen LogP contribution in [0.15, 0.2) is 41.1 Å². The van der Waals surface area contributed by atoms with E-state index >= 15 is 0 Å². The number of pyridine rings is 1. The number of nitrogens with one attached hydrogen (secondary N) is 1. The molecule has 0 unspecified atom stereocenters. The summed E-state index contributed by atoms with van der Waals surface area (Å²) in [6.45, 7) is 3.64. The third-order valence-corrected chi connectivity index (χ3v) is 3.06. The van der Waals surface area contributed by atoms with E-state index in [-0.39, 0.29) is 0 Å². The van der Waals surface area contributed by atoms with E-state index in [4.69, 9.17) is 4.52 Å². The Hall–Kier alpha value is -2.27. The quantitative estimate of drug-likeness (QED) is 0.721. The Morgan fingerprint density at radius 3 is 3.00 bits per heavy atom. The molecule has 1 N–H and O–H groups in total. The van der Waals surface area contributed by atoms with Crippen molar-refractivity contribution >= 4 is 10.8 Å². The van der Waals surface area contributed by atoms with Gasteiger partial charge < -0.3 is 9.84 Å². The van der Waals surface area contributed by atoms with Crippen molar-refractivity contribution in [2.45, 2.75) is 19.9 Å². The van der Waals surface area contributed by atoms with E-state index in [1.807, 2.05) is 30.3 Å². The predicted molar refractivity (Wildman–Crippen MR) is 77.0 cm³/mol. The molecule has 20 heavy (non-hydrogen) atoms. The summed E-state index contributed by atoms with van der Waals surface area (Å²) in [4.78, 5) is 8.78. The third kappa shape index (κ3) is 2.53. The van der Waals surface area contributed by atoms with E-state index in [0.717, 1.165) is 29.4 Å². The van der Waals surface area contributed by atoms with Crippen LogP contribution in [0.4, 0.5) is 0 Å². The van der Waals surface area contributed by atoms with E-state index in [1.54, 1.807) is 6.20 Å². The van der Waals surface area contributed by atoms with E-state index in [2.05, 4.69) is 27.4 Å². The van der Waals surface area contributed by atoms with Gasteiger partial charge in [0.1, 0.15) is 5.69 Å². The van der Waals surface area contributed by atoms with Crippen molar-refractivity contribution in [1.29, 1.82) is 0 Å². The average Bonchev–Trinajstić information content (AvgIpc) is 2.96. The van der Waals surface area contributed by atoms with E-state index in [1.165, 1.54) is 0 Å². The summed E-state index contributed by atoms with van der Waals surface area (Å²) in [7, 11) is 0. The first kappa shape index (κ1) is 12.7. The molecule has 0 aliphatic carbocycles. The highest BCUT2D eigenvalue weighted by Gasteiger charge is 2.12. The van der Waals surface area contributed by atoms with Gasteiger partial charge in [0.25, 0.3) is 0 Å². The summed E-state index contributed by atoms with van der Waals surface area (Å²) in [5, 5.41) is 9.41. The van der Waals surface area contributed by atoms with Crippen LogP contribution in [0.1, 0.15) is 19.2 Å². The monoisotopic (exact) mass is 268 g/mol. The van der Waals surface area contributed by atoms with Crippen LogP contribution < -0.4 is 5.32 Å². The Balaban J connectivity index is 1.91. The van der Waals surface area contributed by atoms with Crippen LogP contribution in [0.25, 0.3) is 22.3 Å². The lowest BCUT2D eigenvalue weighted by atomic mass is 10.1. The highest BCUT2D eigenvalue weighted by molar-refractivity contribution is 5.92. The van der Waals surface area contributed by atoms with Crippen LogP contribution in [0.3, 0.4) is 0 Å². The summed E-state index contributed by atoms with van der Waals surface area (Å²) in [6, 6.07) is 10.0. The molecule has 0 radical (unpaired) electrons. The van der Waals surface area contributed by atoms with Gasteiger partial charge in [-0.15, -0.1) is 0 Å². The molecule has 0 saturated heterocycles. The Labute approximate surface area is 117 Å². The number of nitrogens with zero attached hydrogens (tertiary/aromatic N) is 3. The first-order valence-electron chi connectivity index (χ1n) is 6.76. The molecule has 3 rings (SSSR count). The minimum atomic E-state index is 0.537. The van der Waals surface area contributed by atoms with Crippen molar-refractivity contribution in [3.8, 4) is 11.5 Å². The van der Waals surface area contributed by atoms with Gasteiger partial charge in [0.05, 0.1) is 6.54 Å². The van der Waals surface area contributed by atoms with Crippen molar-refractivity contribution in [1.82, 2.24) is 20.4 Å². The lowest BCUT2D eigenvalue weighted by Gasteiger charge is -2.00. The number of fused-ring (bicyclic) bond motifs is 1. The Bertz CT molecular complexity index is 702. The molecule has 1 aromatic carbocycles. The molecule has 0 saturated carbocycles. The number of benzene rings is 1. The first-order chi connectivity index (χ1) is 9.88. The van der Waals surface area contributed by atoms with Crippen LogP contribution in [-0.4, -0.2) is 21.7 Å². The van der Waals surface area contributed by atoms with Gasteiger partial charge in [-0.25, -0.2) is 0 Å². The van der Waals surface area contributed by atoms with Crippen molar-refractivity contribution in [2.75, 3.05) is 6.54 Å². The van der Waals surface area contributed by atoms with Gasteiger partial charge in [-0.2, -0.15) is 4.98 Å². The van der Waals surface area contributed by atoms with E-state index in [0.29, 0.717) is 18.3 Å². The molecule has 0 fully saturated rings. The molecule has 0 bridgehead atoms. The lowest BCUT2D eigenvalue weighted by Crippen LogP contribution is -2.13. The summed E-state index contributed by atoms with van der Waals surface area (Å²) in [5.41, 5.74) is 0.758. The van der Waals surface area contributed by atoms with Crippen LogP contribution in [0.2, 0.25) is 0 Å². The van der Waals surface area contributed by atoms with E-state index in [9.17, 15) is 0 Å². The normalized spacial score (nSPS) is 11.1. The van der Waals surface area contributed by atoms with Crippen molar-refractivity contribution in [3.05, 3.63) is 42.4 Å². The van der Waals surface area contributed by atoms with Gasteiger partial charge in [-0.05, 0) is 24.4 Å². The molecule has 5 nitrogen and oxygen atoms in total. The zero-order valence-electron chi connectivity index (χ0n) is 11.3. The van der Waals surface area contributed by atoms with Gasteiger partial charge in [0, 0.05) is 11.6 Å². The molecular weight excluding hydrogens is 252 g/mol. The fraction of sp³-hybridized carbons (Fsp3) is 0.267. The number of hydrogen-bond donors (Lipinski definition) is 1. The Morgan fingerprint density at radius 2 is 2.10 bits per heavy atom. The fourth-order valence-corrected chi connectivity index (χ4v) is 2.09. The maximum Gasteiger partial charge on any atom is 0.240 e. The smallest absolute Gasteiger partial charge is 0.240 e. The zero-order valence-corrected chi connectivity index (χ0v) is 11.3. The molecule has 102 valence electrons. The first-order valence-corrected chi connectivity index (χ1v) is 6.76. The highest BCUT2D eigenvalue weighted by Crippen LogP contribution is 2.23. The molecular formula is C15H16N4O. The van der Waals surface area contributed by atoms with E-state index < -0.39 is 0 Å². The summed E-state index contributed by atoms with van der Waals surface area (Å²) in [6.07, 6.45) is 2.84. The molecule has 5 heteroatoms. The van der Waals surface area contributed by atoms with Gasteiger partial charge in [-0.1, -0.05) is 36.3 Å². The van der Waals surface area contributed by atoms with Crippen LogP contribution in [0, 0.1) is 0 Å². The van der Waals surface area contributed by atoms with Crippen LogP contribution in [0.5, 0.6) is 0 Å². The molecule has 0 amide bonds. The molecule has 0 atom stereocenters. The van der Waals surface area contributed by atoms with Gasteiger partial charge in [0.2, 0.25) is 11.7 Å². The molecule has 2 aromatic heterocycles. The molecule has 0 spiro atoms. The average molecular weight is 268 g/mol. The van der Waals surface area contributed by atoms with Crippen LogP contribution >= 0.6 is 0 Å². The van der Waals surface area contributed by atoms with Crippen molar-refractivity contribution < 1.29 is 4.52 Å². The topological polar surface area (TPSA) is 63.8 Å². The Kier molecular flexibility index (Phi) is 3.69. The standard InChI is InChI=1S/C15H16N4O/c1-2-8-16-10-13-18-15(19-20-13)14-12-6-4-3-5-11(12)7-9-17-14/h3-7,9,16H,2,8,10H2,1H3. The van der Waals surface area contributed by atoms with Crippen molar-refractivity contribution in [2.24, 2.45) is 0 Å². The fourth-order valence-electron chi connectivity index (χ4n) is 2.09. The van der Waals surface area contributed by atoms with Gasteiger partial charge in [0.15, 0.2) is 0 Å². The van der Waals surface area contributed by atoms with Crippen LogP contribution in [-0.2, 0) is 6.54 Å². The minimum Gasteiger partial charge on any atom is -0.337 e. The lowest BCUT2D eigenvalue weighted by molar-refractivity contribution is 0.368. The second-order valence-corrected chi connectivity index (χ2v) is 4.57.